The molecule has 2 aromatic carbocycles. The molecule has 0 bridgehead atoms. The van der Waals surface area contributed by atoms with Gasteiger partial charge >= 0.3 is 0 Å². The van der Waals surface area contributed by atoms with Crippen LogP contribution in [0, 0.1) is 0 Å². The van der Waals surface area contributed by atoms with E-state index < -0.39 is 0 Å². The highest BCUT2D eigenvalue weighted by Gasteiger charge is 2.24. The molecule has 1 unspecified atom stereocenters. The predicted molar refractivity (Wildman–Crippen MR) is 115 cm³/mol. The van der Waals surface area contributed by atoms with Crippen LogP contribution in [-0.2, 0) is 10.2 Å². The summed E-state index contributed by atoms with van der Waals surface area (Å²) in [5, 5.41) is 8.40. The average molecular weight is 396 g/mol. The number of nitrogens with one attached hydrogen (secondary N) is 1. The number of carbonyl (C=O) groups excluding carboxylic acids is 1. The molecule has 28 heavy (non-hydrogen) atoms. The van der Waals surface area contributed by atoms with Crippen LogP contribution in [0.25, 0.3) is 5.69 Å². The largest absolute Gasteiger partial charge is 0.310 e. The fourth-order valence-corrected chi connectivity index (χ4v) is 3.33. The van der Waals surface area contributed by atoms with Crippen LogP contribution < -0.4 is 5.32 Å². The SMILES string of the molecule is CCC(C(=O)Nc1cc(C(C)(C)C)nn1-c1ccccc1Cl)c1ccccc1. The minimum absolute atomic E-state index is 0.0534. The number of para-hydroxylation sites is 1. The Labute approximate surface area is 171 Å². The van der Waals surface area contributed by atoms with Gasteiger partial charge in [-0.3, -0.25) is 4.79 Å². The maximum atomic E-state index is 13.1. The van der Waals surface area contributed by atoms with Crippen LogP contribution in [0.15, 0.2) is 60.7 Å². The number of anilines is 1. The highest BCUT2D eigenvalue weighted by Crippen LogP contribution is 2.30. The molecule has 3 aromatic rings. The van der Waals surface area contributed by atoms with E-state index in [-0.39, 0.29) is 17.2 Å². The van der Waals surface area contributed by atoms with E-state index in [1.165, 1.54) is 0 Å². The Hall–Kier alpha value is -2.59. The first-order chi connectivity index (χ1) is 13.3. The lowest BCUT2D eigenvalue weighted by Gasteiger charge is -2.16. The van der Waals surface area contributed by atoms with Gasteiger partial charge in [0, 0.05) is 11.5 Å². The summed E-state index contributed by atoms with van der Waals surface area (Å²) in [6, 6.07) is 19.3. The number of benzene rings is 2. The molecule has 0 radical (unpaired) electrons. The maximum Gasteiger partial charge on any atom is 0.233 e. The number of amides is 1. The van der Waals surface area contributed by atoms with Crippen LogP contribution in [0.2, 0.25) is 5.02 Å². The first kappa shape index (κ1) is 20.2. The molecule has 1 atom stereocenters. The molecule has 0 aliphatic rings. The van der Waals surface area contributed by atoms with E-state index in [2.05, 4.69) is 26.1 Å². The molecular formula is C23H26ClN3O. The lowest BCUT2D eigenvalue weighted by atomic mass is 9.92. The molecule has 0 fully saturated rings. The van der Waals surface area contributed by atoms with Crippen molar-refractivity contribution in [3.8, 4) is 5.69 Å². The fraction of sp³-hybridized carbons (Fsp3) is 0.304. The highest BCUT2D eigenvalue weighted by molar-refractivity contribution is 6.32. The highest BCUT2D eigenvalue weighted by atomic mass is 35.5. The average Bonchev–Trinajstić information content (AvgIpc) is 3.07. The van der Waals surface area contributed by atoms with Crippen LogP contribution in [0.4, 0.5) is 5.82 Å². The standard InChI is InChI=1S/C23H26ClN3O/c1-5-17(16-11-7-6-8-12-16)22(28)25-21-15-20(23(2,3)4)26-27(21)19-14-10-9-13-18(19)24/h6-15,17H,5H2,1-4H3,(H,25,28). The Morgan fingerprint density at radius 3 is 2.36 bits per heavy atom. The zero-order valence-electron chi connectivity index (χ0n) is 16.7. The third-order valence-electron chi connectivity index (χ3n) is 4.74. The number of carbonyl (C=O) groups is 1. The van der Waals surface area contributed by atoms with Gasteiger partial charge in [0.25, 0.3) is 0 Å². The third kappa shape index (κ3) is 4.28. The summed E-state index contributed by atoms with van der Waals surface area (Å²) in [5.41, 5.74) is 2.47. The lowest BCUT2D eigenvalue weighted by molar-refractivity contribution is -0.117. The molecule has 1 heterocycles. The van der Waals surface area contributed by atoms with E-state index in [0.29, 0.717) is 17.3 Å². The quantitative estimate of drug-likeness (QED) is 0.579. The van der Waals surface area contributed by atoms with Crippen LogP contribution in [0.1, 0.15) is 51.3 Å². The molecule has 4 nitrogen and oxygen atoms in total. The summed E-state index contributed by atoms with van der Waals surface area (Å²) in [6.07, 6.45) is 0.711. The zero-order valence-corrected chi connectivity index (χ0v) is 17.5. The van der Waals surface area contributed by atoms with Gasteiger partial charge in [-0.1, -0.05) is 81.8 Å². The van der Waals surface area contributed by atoms with E-state index in [9.17, 15) is 4.79 Å². The lowest BCUT2D eigenvalue weighted by Crippen LogP contribution is -2.22. The van der Waals surface area contributed by atoms with Crippen molar-refractivity contribution < 1.29 is 4.79 Å². The molecule has 0 aliphatic carbocycles. The van der Waals surface area contributed by atoms with Crippen molar-refractivity contribution in [2.75, 3.05) is 5.32 Å². The number of aromatic nitrogens is 2. The van der Waals surface area contributed by atoms with Gasteiger partial charge in [-0.15, -0.1) is 0 Å². The molecule has 1 amide bonds. The first-order valence-electron chi connectivity index (χ1n) is 9.52. The normalized spacial score (nSPS) is 12.6. The summed E-state index contributed by atoms with van der Waals surface area (Å²) in [6.45, 7) is 8.30. The van der Waals surface area contributed by atoms with Crippen molar-refractivity contribution in [2.45, 2.75) is 45.4 Å². The van der Waals surface area contributed by atoms with Gasteiger partial charge in [-0.25, -0.2) is 4.68 Å². The Morgan fingerprint density at radius 1 is 1.11 bits per heavy atom. The Kier molecular flexibility index (Phi) is 5.90. The number of hydrogen-bond acceptors (Lipinski definition) is 2. The van der Waals surface area contributed by atoms with Gasteiger partial charge < -0.3 is 5.32 Å². The van der Waals surface area contributed by atoms with E-state index in [4.69, 9.17) is 16.7 Å². The number of hydrogen-bond donors (Lipinski definition) is 1. The minimum atomic E-state index is -0.228. The van der Waals surface area contributed by atoms with Gasteiger partial charge in [-0.2, -0.15) is 5.10 Å². The third-order valence-corrected chi connectivity index (χ3v) is 5.06. The topological polar surface area (TPSA) is 46.9 Å². The van der Waals surface area contributed by atoms with Gasteiger partial charge in [0.05, 0.1) is 22.3 Å². The summed E-state index contributed by atoms with van der Waals surface area (Å²) in [5.74, 6) is 0.341. The predicted octanol–water partition coefficient (Wildman–Crippen LogP) is 5.96. The fourth-order valence-electron chi connectivity index (χ4n) is 3.11. The van der Waals surface area contributed by atoms with Gasteiger partial charge in [0.15, 0.2) is 0 Å². The molecule has 0 spiro atoms. The summed E-state index contributed by atoms with van der Waals surface area (Å²) >= 11 is 6.40. The number of halogens is 1. The van der Waals surface area contributed by atoms with Crippen LogP contribution in [-0.4, -0.2) is 15.7 Å². The van der Waals surface area contributed by atoms with Crippen LogP contribution in [0.5, 0.6) is 0 Å². The van der Waals surface area contributed by atoms with Crippen molar-refractivity contribution in [3.63, 3.8) is 0 Å². The van der Waals surface area contributed by atoms with Gasteiger partial charge in [-0.05, 0) is 24.1 Å². The van der Waals surface area contributed by atoms with Crippen LogP contribution in [0.3, 0.4) is 0 Å². The summed E-state index contributed by atoms with van der Waals surface area (Å²) < 4.78 is 1.72. The molecular weight excluding hydrogens is 370 g/mol. The Balaban J connectivity index is 2.00. The monoisotopic (exact) mass is 395 g/mol. The zero-order chi connectivity index (χ0) is 20.3. The Bertz CT molecular complexity index is 957. The van der Waals surface area contributed by atoms with Crippen molar-refractivity contribution in [3.05, 3.63) is 76.9 Å². The second-order valence-electron chi connectivity index (χ2n) is 7.89. The molecule has 146 valence electrons. The molecule has 0 saturated heterocycles. The summed E-state index contributed by atoms with van der Waals surface area (Å²) in [4.78, 5) is 13.1. The van der Waals surface area contributed by atoms with Gasteiger partial charge in [0.2, 0.25) is 5.91 Å². The molecule has 3 rings (SSSR count). The van der Waals surface area contributed by atoms with E-state index in [0.717, 1.165) is 16.9 Å². The molecule has 1 aromatic heterocycles. The molecule has 0 aliphatic heterocycles. The first-order valence-corrected chi connectivity index (χ1v) is 9.90. The number of rotatable bonds is 5. The second-order valence-corrected chi connectivity index (χ2v) is 8.30. The van der Waals surface area contributed by atoms with E-state index >= 15 is 0 Å². The molecule has 0 saturated carbocycles. The van der Waals surface area contributed by atoms with Crippen LogP contribution >= 0.6 is 11.6 Å². The molecule has 5 heteroatoms. The minimum Gasteiger partial charge on any atom is -0.310 e. The second kappa shape index (κ2) is 8.19. The van der Waals surface area contributed by atoms with Crippen molar-refractivity contribution in [1.82, 2.24) is 9.78 Å². The maximum absolute atomic E-state index is 13.1. The van der Waals surface area contributed by atoms with E-state index in [1.807, 2.05) is 67.6 Å². The van der Waals surface area contributed by atoms with Crippen molar-refractivity contribution in [1.29, 1.82) is 0 Å². The van der Waals surface area contributed by atoms with Crippen molar-refractivity contribution >= 4 is 23.3 Å². The smallest absolute Gasteiger partial charge is 0.233 e. The van der Waals surface area contributed by atoms with E-state index in [1.54, 1.807) is 4.68 Å². The van der Waals surface area contributed by atoms with Crippen molar-refractivity contribution in [2.24, 2.45) is 0 Å². The molecule has 1 N–H and O–H groups in total. The van der Waals surface area contributed by atoms with Gasteiger partial charge in [0.1, 0.15) is 5.82 Å². The summed E-state index contributed by atoms with van der Waals surface area (Å²) in [7, 11) is 0. The Morgan fingerprint density at radius 2 is 1.75 bits per heavy atom. The number of nitrogens with zero attached hydrogens (tertiary/aromatic N) is 2.